The number of benzene rings is 2. The molecule has 0 radical (unpaired) electrons. The molecule has 0 aliphatic carbocycles. The van der Waals surface area contributed by atoms with Crippen molar-refractivity contribution < 1.29 is 23.8 Å². The first-order valence-electron chi connectivity index (χ1n) is 13.1. The third kappa shape index (κ3) is 6.09. The van der Waals surface area contributed by atoms with Crippen LogP contribution in [0.2, 0.25) is 0 Å². The lowest BCUT2D eigenvalue weighted by Gasteiger charge is -2.30. The summed E-state index contributed by atoms with van der Waals surface area (Å²) in [5.74, 6) is 1.35. The van der Waals surface area contributed by atoms with E-state index in [0.29, 0.717) is 75.2 Å². The Bertz CT molecular complexity index is 1360. The SMILES string of the molecule is O=C1S/C(=C\c2ccc(Oc3nc(N4CCOCC4)nc(N4CCOCC4)n3)cc2)C(=O)N1Cc1ccccc1. The van der Waals surface area contributed by atoms with Gasteiger partial charge in [0.15, 0.2) is 0 Å². The van der Waals surface area contributed by atoms with E-state index in [1.165, 1.54) is 4.90 Å². The van der Waals surface area contributed by atoms with E-state index in [4.69, 9.17) is 19.2 Å². The predicted octanol–water partition coefficient (Wildman–Crippen LogP) is 3.57. The average Bonchev–Trinajstić information content (AvgIpc) is 3.26. The van der Waals surface area contributed by atoms with Crippen LogP contribution in [-0.4, -0.2) is 83.6 Å². The van der Waals surface area contributed by atoms with Gasteiger partial charge in [0.05, 0.1) is 37.9 Å². The molecule has 3 aliphatic heterocycles. The number of carbonyl (C=O) groups excluding carboxylic acids is 2. The van der Waals surface area contributed by atoms with Crippen LogP contribution in [0.25, 0.3) is 6.08 Å². The minimum Gasteiger partial charge on any atom is -0.424 e. The van der Waals surface area contributed by atoms with E-state index in [1.54, 1.807) is 18.2 Å². The number of imide groups is 1. The van der Waals surface area contributed by atoms with E-state index in [9.17, 15) is 9.59 Å². The highest BCUT2D eigenvalue weighted by atomic mass is 32.2. The molecule has 0 unspecified atom stereocenters. The molecule has 3 saturated heterocycles. The van der Waals surface area contributed by atoms with E-state index in [2.05, 4.69) is 19.8 Å². The van der Waals surface area contributed by atoms with Crippen LogP contribution in [0.4, 0.5) is 16.7 Å². The Hall–Kier alpha value is -4.00. The second kappa shape index (κ2) is 12.0. The first-order chi connectivity index (χ1) is 19.6. The molecule has 1 aromatic heterocycles. The number of aromatic nitrogens is 3. The minimum atomic E-state index is -0.296. The molecule has 4 heterocycles. The highest BCUT2D eigenvalue weighted by Crippen LogP contribution is 2.33. The molecule has 2 amide bonds. The van der Waals surface area contributed by atoms with Gasteiger partial charge in [-0.3, -0.25) is 14.5 Å². The van der Waals surface area contributed by atoms with Gasteiger partial charge in [0, 0.05) is 26.2 Å². The largest absolute Gasteiger partial charge is 0.424 e. The van der Waals surface area contributed by atoms with Gasteiger partial charge < -0.3 is 24.0 Å². The molecular formula is C28H28N6O5S. The Morgan fingerprint density at radius 2 is 1.40 bits per heavy atom. The van der Waals surface area contributed by atoms with E-state index in [1.807, 2.05) is 42.5 Å². The van der Waals surface area contributed by atoms with Crippen LogP contribution >= 0.6 is 11.8 Å². The topological polar surface area (TPSA) is 110 Å². The second-order valence-electron chi connectivity index (χ2n) is 9.34. The van der Waals surface area contributed by atoms with Gasteiger partial charge in [-0.2, -0.15) is 15.0 Å². The molecule has 0 spiro atoms. The number of morpholine rings is 2. The molecule has 206 valence electrons. The third-order valence-corrected chi connectivity index (χ3v) is 7.53. The molecule has 0 atom stereocenters. The molecule has 0 saturated carbocycles. The van der Waals surface area contributed by atoms with Crippen molar-refractivity contribution in [3.05, 3.63) is 70.6 Å². The van der Waals surface area contributed by atoms with E-state index in [-0.39, 0.29) is 23.7 Å². The number of hydrogen-bond acceptors (Lipinski definition) is 11. The summed E-state index contributed by atoms with van der Waals surface area (Å²) in [7, 11) is 0. The van der Waals surface area contributed by atoms with Crippen molar-refractivity contribution in [2.24, 2.45) is 0 Å². The smallest absolute Gasteiger partial charge is 0.328 e. The van der Waals surface area contributed by atoms with Gasteiger partial charge in [0.25, 0.3) is 11.1 Å². The van der Waals surface area contributed by atoms with Crippen molar-refractivity contribution in [3.63, 3.8) is 0 Å². The number of anilines is 2. The van der Waals surface area contributed by atoms with Crippen molar-refractivity contribution >= 4 is 40.9 Å². The number of ether oxygens (including phenoxy) is 3. The second-order valence-corrected chi connectivity index (χ2v) is 10.3. The Morgan fingerprint density at radius 3 is 2.00 bits per heavy atom. The summed E-state index contributed by atoms with van der Waals surface area (Å²) < 4.78 is 17.0. The summed E-state index contributed by atoms with van der Waals surface area (Å²) in [6, 6.07) is 16.9. The van der Waals surface area contributed by atoms with Gasteiger partial charge in [0.1, 0.15) is 5.75 Å². The zero-order chi connectivity index (χ0) is 27.3. The quantitative estimate of drug-likeness (QED) is 0.396. The molecule has 40 heavy (non-hydrogen) atoms. The van der Waals surface area contributed by atoms with Crippen LogP contribution in [0.3, 0.4) is 0 Å². The van der Waals surface area contributed by atoms with Crippen LogP contribution in [-0.2, 0) is 20.8 Å². The summed E-state index contributed by atoms with van der Waals surface area (Å²) in [6.07, 6.45) is 1.72. The fourth-order valence-electron chi connectivity index (χ4n) is 4.48. The van der Waals surface area contributed by atoms with Crippen molar-refractivity contribution in [1.29, 1.82) is 0 Å². The lowest BCUT2D eigenvalue weighted by atomic mass is 10.2. The minimum absolute atomic E-state index is 0.202. The molecule has 3 fully saturated rings. The summed E-state index contributed by atoms with van der Waals surface area (Å²) in [4.78, 5) is 45.0. The standard InChI is InChI=1S/C28H28N6O5S/c35-24-23(40-28(36)34(24)19-21-4-2-1-3-5-21)18-20-6-8-22(9-7-20)39-27-30-25(32-10-14-37-15-11-32)29-26(31-27)33-12-16-38-17-13-33/h1-9,18H,10-17,19H2/b23-18-. The number of carbonyl (C=O) groups is 2. The fraction of sp³-hybridized carbons (Fsp3) is 0.321. The lowest BCUT2D eigenvalue weighted by Crippen LogP contribution is -2.40. The lowest BCUT2D eigenvalue weighted by molar-refractivity contribution is -0.123. The maximum Gasteiger partial charge on any atom is 0.328 e. The molecular weight excluding hydrogens is 532 g/mol. The summed E-state index contributed by atoms with van der Waals surface area (Å²) in [5.41, 5.74) is 1.68. The summed E-state index contributed by atoms with van der Waals surface area (Å²) >= 11 is 0.946. The molecule has 3 aliphatic rings. The molecule has 12 heteroatoms. The van der Waals surface area contributed by atoms with Crippen LogP contribution in [0.5, 0.6) is 11.8 Å². The van der Waals surface area contributed by atoms with Crippen molar-refractivity contribution in [2.75, 3.05) is 62.4 Å². The van der Waals surface area contributed by atoms with Gasteiger partial charge in [-0.15, -0.1) is 0 Å². The van der Waals surface area contributed by atoms with Gasteiger partial charge in [0.2, 0.25) is 11.9 Å². The van der Waals surface area contributed by atoms with Crippen LogP contribution in [0.1, 0.15) is 11.1 Å². The fourth-order valence-corrected chi connectivity index (χ4v) is 5.32. The summed E-state index contributed by atoms with van der Waals surface area (Å²) in [5, 5.41) is -0.276. The van der Waals surface area contributed by atoms with Gasteiger partial charge in [-0.25, -0.2) is 0 Å². The van der Waals surface area contributed by atoms with Gasteiger partial charge in [-0.05, 0) is 41.1 Å². The van der Waals surface area contributed by atoms with Crippen molar-refractivity contribution in [2.45, 2.75) is 6.54 Å². The van der Waals surface area contributed by atoms with E-state index < -0.39 is 0 Å². The number of amides is 2. The van der Waals surface area contributed by atoms with Crippen molar-refractivity contribution in [3.8, 4) is 11.8 Å². The van der Waals surface area contributed by atoms with Gasteiger partial charge in [-0.1, -0.05) is 42.5 Å². The third-order valence-electron chi connectivity index (χ3n) is 6.62. The van der Waals surface area contributed by atoms with E-state index >= 15 is 0 Å². The molecule has 0 N–H and O–H groups in total. The van der Waals surface area contributed by atoms with Crippen LogP contribution < -0.4 is 14.5 Å². The molecule has 6 rings (SSSR count). The highest BCUT2D eigenvalue weighted by molar-refractivity contribution is 8.18. The Morgan fingerprint density at radius 1 is 0.800 bits per heavy atom. The first-order valence-corrected chi connectivity index (χ1v) is 13.9. The predicted molar refractivity (Wildman–Crippen MR) is 150 cm³/mol. The molecule has 2 aromatic carbocycles. The van der Waals surface area contributed by atoms with Crippen molar-refractivity contribution in [1.82, 2.24) is 19.9 Å². The molecule has 3 aromatic rings. The maximum absolute atomic E-state index is 12.9. The maximum atomic E-state index is 12.9. The molecule has 11 nitrogen and oxygen atoms in total. The normalized spacial score (nSPS) is 19.0. The molecule has 0 bridgehead atoms. The Kier molecular flexibility index (Phi) is 7.89. The van der Waals surface area contributed by atoms with Crippen LogP contribution in [0, 0.1) is 0 Å². The Balaban J connectivity index is 1.17. The summed E-state index contributed by atoms with van der Waals surface area (Å²) in [6.45, 7) is 5.47. The Labute approximate surface area is 235 Å². The average molecular weight is 561 g/mol. The first kappa shape index (κ1) is 26.2. The van der Waals surface area contributed by atoms with Crippen LogP contribution in [0.15, 0.2) is 59.5 Å². The number of rotatable bonds is 7. The van der Waals surface area contributed by atoms with Gasteiger partial charge >= 0.3 is 6.01 Å². The number of nitrogens with zero attached hydrogens (tertiary/aromatic N) is 6. The van der Waals surface area contributed by atoms with E-state index in [0.717, 1.165) is 22.9 Å². The highest BCUT2D eigenvalue weighted by Gasteiger charge is 2.35. The number of thioether (sulfide) groups is 1. The monoisotopic (exact) mass is 560 g/mol. The number of hydrogen-bond donors (Lipinski definition) is 0. The zero-order valence-corrected chi connectivity index (χ0v) is 22.6. The zero-order valence-electron chi connectivity index (χ0n) is 21.8.